The van der Waals surface area contributed by atoms with Gasteiger partial charge in [0.15, 0.2) is 6.10 Å². The van der Waals surface area contributed by atoms with Crippen molar-refractivity contribution in [3.05, 3.63) is 53.6 Å². The molecule has 2 atom stereocenters. The molecule has 1 aliphatic rings. The average Bonchev–Trinajstić information content (AvgIpc) is 3.07. The van der Waals surface area contributed by atoms with E-state index in [1.54, 1.807) is 24.3 Å². The molecule has 142 valence electrons. The molecule has 1 heterocycles. The van der Waals surface area contributed by atoms with Crippen LogP contribution < -0.4 is 4.74 Å². The first kappa shape index (κ1) is 19.4. The first-order valence-corrected chi connectivity index (χ1v) is 9.58. The molecule has 0 amide bonds. The number of hydrogen-bond donors (Lipinski definition) is 0. The first-order chi connectivity index (χ1) is 13.1. The lowest BCUT2D eigenvalue weighted by Crippen LogP contribution is -2.38. The molecule has 0 aromatic heterocycles. The molecule has 0 saturated carbocycles. The standard InChI is InChI=1S/C20H20O6S/c1-23-17(20(24-2)27-3)19(22)26-16-10-5-4-7-13(16)12-8-6-9-14-15(12)11-25-18(14)21/h4-10,17,20H,11H2,1-3H3. The zero-order valence-electron chi connectivity index (χ0n) is 15.3. The number of thioether (sulfide) groups is 1. The number of hydrogen-bond acceptors (Lipinski definition) is 7. The van der Waals surface area contributed by atoms with E-state index in [0.717, 1.165) is 11.1 Å². The molecule has 1 aliphatic heterocycles. The third-order valence-electron chi connectivity index (χ3n) is 4.33. The minimum absolute atomic E-state index is 0.200. The molecular weight excluding hydrogens is 368 g/mol. The zero-order chi connectivity index (χ0) is 19.4. The van der Waals surface area contributed by atoms with Crippen molar-refractivity contribution in [3.8, 4) is 16.9 Å². The summed E-state index contributed by atoms with van der Waals surface area (Å²) in [5.41, 5.74) is 2.33. The first-order valence-electron chi connectivity index (χ1n) is 8.29. The van der Waals surface area contributed by atoms with E-state index >= 15 is 0 Å². The Kier molecular flexibility index (Phi) is 6.15. The van der Waals surface area contributed by atoms with Gasteiger partial charge in [-0.25, -0.2) is 9.59 Å². The minimum Gasteiger partial charge on any atom is -0.457 e. The molecule has 3 rings (SSSR count). The second-order valence-electron chi connectivity index (χ2n) is 5.82. The summed E-state index contributed by atoms with van der Waals surface area (Å²) in [6.45, 7) is 0.200. The maximum Gasteiger partial charge on any atom is 0.344 e. The van der Waals surface area contributed by atoms with Crippen molar-refractivity contribution in [3.63, 3.8) is 0 Å². The SMILES string of the molecule is COC(SC)C(OC)C(=O)Oc1ccccc1-c1cccc2c1COC2=O. The summed E-state index contributed by atoms with van der Waals surface area (Å²) in [6, 6.07) is 12.6. The van der Waals surface area contributed by atoms with Crippen molar-refractivity contribution in [2.45, 2.75) is 18.1 Å². The van der Waals surface area contributed by atoms with Crippen LogP contribution in [-0.4, -0.2) is 44.0 Å². The van der Waals surface area contributed by atoms with Gasteiger partial charge in [0.1, 0.15) is 17.8 Å². The Balaban J connectivity index is 1.94. The lowest BCUT2D eigenvalue weighted by molar-refractivity contribution is -0.150. The molecule has 0 radical (unpaired) electrons. The molecule has 0 fully saturated rings. The third-order valence-corrected chi connectivity index (χ3v) is 5.23. The highest BCUT2D eigenvalue weighted by Gasteiger charge is 2.31. The fraction of sp³-hybridized carbons (Fsp3) is 0.300. The molecule has 2 aromatic carbocycles. The molecule has 2 unspecified atom stereocenters. The predicted octanol–water partition coefficient (Wildman–Crippen LogP) is 3.28. The number of carbonyl (C=O) groups is 2. The zero-order valence-corrected chi connectivity index (χ0v) is 16.1. The van der Waals surface area contributed by atoms with E-state index in [1.807, 2.05) is 24.5 Å². The van der Waals surface area contributed by atoms with Gasteiger partial charge in [-0.1, -0.05) is 30.3 Å². The van der Waals surface area contributed by atoms with Crippen LogP contribution >= 0.6 is 11.8 Å². The Morgan fingerprint density at radius 1 is 1.04 bits per heavy atom. The largest absolute Gasteiger partial charge is 0.457 e. The fourth-order valence-corrected chi connectivity index (χ4v) is 3.67. The van der Waals surface area contributed by atoms with Gasteiger partial charge in [-0.2, -0.15) is 0 Å². The van der Waals surface area contributed by atoms with Crippen molar-refractivity contribution in [2.75, 3.05) is 20.5 Å². The fourth-order valence-electron chi connectivity index (χ4n) is 3.01. The number of fused-ring (bicyclic) bond motifs is 1. The van der Waals surface area contributed by atoms with Gasteiger partial charge in [0, 0.05) is 25.3 Å². The summed E-state index contributed by atoms with van der Waals surface area (Å²) in [4.78, 5) is 24.5. The number of rotatable bonds is 7. The average molecular weight is 388 g/mol. The number of ether oxygens (including phenoxy) is 4. The van der Waals surface area contributed by atoms with Gasteiger partial charge in [-0.15, -0.1) is 11.8 Å². The van der Waals surface area contributed by atoms with Crippen molar-refractivity contribution >= 4 is 23.7 Å². The van der Waals surface area contributed by atoms with Crippen LogP contribution in [0.3, 0.4) is 0 Å². The molecular formula is C20H20O6S. The number of methoxy groups -OCH3 is 2. The lowest BCUT2D eigenvalue weighted by Gasteiger charge is -2.22. The van der Waals surface area contributed by atoms with Gasteiger partial charge < -0.3 is 18.9 Å². The van der Waals surface area contributed by atoms with E-state index in [4.69, 9.17) is 18.9 Å². The van der Waals surface area contributed by atoms with Crippen LogP contribution in [0.15, 0.2) is 42.5 Å². The normalized spacial score (nSPS) is 15.0. The second kappa shape index (κ2) is 8.56. The van der Waals surface area contributed by atoms with Gasteiger partial charge in [0.2, 0.25) is 0 Å². The van der Waals surface area contributed by atoms with Crippen molar-refractivity contribution < 1.29 is 28.5 Å². The summed E-state index contributed by atoms with van der Waals surface area (Å²) in [6.07, 6.45) is 0.954. The molecule has 0 spiro atoms. The minimum atomic E-state index is -0.871. The van der Waals surface area contributed by atoms with Crippen LogP contribution in [0.25, 0.3) is 11.1 Å². The highest BCUT2D eigenvalue weighted by Crippen LogP contribution is 2.36. The number of para-hydroxylation sites is 1. The molecule has 6 nitrogen and oxygen atoms in total. The number of cyclic esters (lactones) is 1. The van der Waals surface area contributed by atoms with Crippen molar-refractivity contribution in [2.24, 2.45) is 0 Å². The molecule has 0 bridgehead atoms. The number of esters is 2. The van der Waals surface area contributed by atoms with E-state index in [-0.39, 0.29) is 12.6 Å². The Hall–Kier alpha value is -2.35. The van der Waals surface area contributed by atoms with Crippen LogP contribution in [-0.2, 0) is 25.6 Å². The van der Waals surface area contributed by atoms with Crippen LogP contribution in [0.1, 0.15) is 15.9 Å². The molecule has 0 N–H and O–H groups in total. The molecule has 0 aliphatic carbocycles. The Morgan fingerprint density at radius 2 is 1.74 bits per heavy atom. The van der Waals surface area contributed by atoms with E-state index in [2.05, 4.69) is 0 Å². The summed E-state index contributed by atoms with van der Waals surface area (Å²) < 4.78 is 21.3. The Bertz CT molecular complexity index is 846. The van der Waals surface area contributed by atoms with E-state index in [1.165, 1.54) is 26.0 Å². The molecule has 27 heavy (non-hydrogen) atoms. The monoisotopic (exact) mass is 388 g/mol. The lowest BCUT2D eigenvalue weighted by atomic mass is 9.96. The van der Waals surface area contributed by atoms with E-state index < -0.39 is 17.5 Å². The molecule has 7 heteroatoms. The van der Waals surface area contributed by atoms with Crippen LogP contribution in [0.5, 0.6) is 5.75 Å². The predicted molar refractivity (Wildman–Crippen MR) is 102 cm³/mol. The third kappa shape index (κ3) is 3.85. The maximum atomic E-state index is 12.7. The molecule has 0 saturated heterocycles. The summed E-state index contributed by atoms with van der Waals surface area (Å²) in [5.74, 6) is -0.511. The highest BCUT2D eigenvalue weighted by molar-refractivity contribution is 7.99. The number of carbonyl (C=O) groups excluding carboxylic acids is 2. The van der Waals surface area contributed by atoms with Gasteiger partial charge in [-0.3, -0.25) is 0 Å². The van der Waals surface area contributed by atoms with E-state index in [9.17, 15) is 9.59 Å². The second-order valence-corrected chi connectivity index (χ2v) is 6.76. The van der Waals surface area contributed by atoms with Crippen LogP contribution in [0, 0.1) is 0 Å². The van der Waals surface area contributed by atoms with Crippen molar-refractivity contribution in [1.29, 1.82) is 0 Å². The Labute approximate surface area is 161 Å². The van der Waals surface area contributed by atoms with E-state index in [0.29, 0.717) is 16.9 Å². The van der Waals surface area contributed by atoms with Crippen LogP contribution in [0.2, 0.25) is 0 Å². The van der Waals surface area contributed by atoms with Gasteiger partial charge in [0.05, 0.1) is 5.56 Å². The number of benzene rings is 2. The molecule has 2 aromatic rings. The van der Waals surface area contributed by atoms with Gasteiger partial charge >= 0.3 is 11.9 Å². The van der Waals surface area contributed by atoms with Crippen molar-refractivity contribution in [1.82, 2.24) is 0 Å². The smallest absolute Gasteiger partial charge is 0.344 e. The maximum absolute atomic E-state index is 12.7. The summed E-state index contributed by atoms with van der Waals surface area (Å²) in [7, 11) is 2.95. The van der Waals surface area contributed by atoms with Crippen LogP contribution in [0.4, 0.5) is 0 Å². The topological polar surface area (TPSA) is 71.1 Å². The highest BCUT2D eigenvalue weighted by atomic mass is 32.2. The van der Waals surface area contributed by atoms with Gasteiger partial charge in [-0.05, 0) is 24.0 Å². The Morgan fingerprint density at radius 3 is 2.44 bits per heavy atom. The quantitative estimate of drug-likeness (QED) is 0.409. The van der Waals surface area contributed by atoms with Gasteiger partial charge in [0.25, 0.3) is 0 Å². The summed E-state index contributed by atoms with van der Waals surface area (Å²) >= 11 is 1.36. The summed E-state index contributed by atoms with van der Waals surface area (Å²) in [5, 5.41) is 0.